The van der Waals surface area contributed by atoms with Gasteiger partial charge in [-0.25, -0.2) is 4.98 Å². The zero-order valence-electron chi connectivity index (χ0n) is 11.8. The van der Waals surface area contributed by atoms with Crippen LogP contribution in [0, 0.1) is 0 Å². The Kier molecular flexibility index (Phi) is 4.28. The number of benzene rings is 1. The van der Waals surface area contributed by atoms with Crippen molar-refractivity contribution in [1.82, 2.24) is 9.38 Å². The van der Waals surface area contributed by atoms with Crippen LogP contribution in [0.15, 0.2) is 40.3 Å². The summed E-state index contributed by atoms with van der Waals surface area (Å²) in [4.78, 5) is 7.96. The molecule has 0 unspecified atom stereocenters. The third-order valence-corrected chi connectivity index (χ3v) is 4.70. The van der Waals surface area contributed by atoms with Crippen molar-refractivity contribution in [2.24, 2.45) is 5.73 Å². The molecule has 0 amide bonds. The molecule has 0 aliphatic rings. The van der Waals surface area contributed by atoms with Crippen molar-refractivity contribution in [3.8, 4) is 0 Å². The molecule has 110 valence electrons. The van der Waals surface area contributed by atoms with E-state index in [2.05, 4.69) is 68.1 Å². The van der Waals surface area contributed by atoms with Crippen LogP contribution in [0.1, 0.15) is 11.3 Å². The third kappa shape index (κ3) is 2.97. The Labute approximate surface area is 136 Å². The summed E-state index contributed by atoms with van der Waals surface area (Å²) in [5.74, 6) is 1.02. The molecule has 0 radical (unpaired) electrons. The summed E-state index contributed by atoms with van der Waals surface area (Å²) < 4.78 is 3.24. The van der Waals surface area contributed by atoms with Gasteiger partial charge >= 0.3 is 0 Å². The van der Waals surface area contributed by atoms with Crippen molar-refractivity contribution < 1.29 is 0 Å². The minimum atomic E-state index is 0.628. The molecular weight excluding hydrogens is 348 g/mol. The van der Waals surface area contributed by atoms with Crippen LogP contribution in [-0.4, -0.2) is 23.0 Å². The number of fused-ring (bicyclic) bond motifs is 1. The molecule has 0 aliphatic carbocycles. The highest BCUT2D eigenvalue weighted by Crippen LogP contribution is 2.25. The maximum atomic E-state index is 5.76. The van der Waals surface area contributed by atoms with Crippen molar-refractivity contribution in [1.29, 1.82) is 0 Å². The Bertz CT molecular complexity index is 732. The molecule has 0 atom stereocenters. The first-order valence-electron chi connectivity index (χ1n) is 6.79. The van der Waals surface area contributed by atoms with Crippen molar-refractivity contribution in [2.75, 3.05) is 18.5 Å². The molecule has 0 spiro atoms. The van der Waals surface area contributed by atoms with Crippen LogP contribution in [0.2, 0.25) is 0 Å². The number of rotatable bonds is 5. The van der Waals surface area contributed by atoms with Gasteiger partial charge in [0.1, 0.15) is 0 Å². The number of thiazole rings is 1. The minimum absolute atomic E-state index is 0.628. The number of imidazole rings is 1. The summed E-state index contributed by atoms with van der Waals surface area (Å²) in [5.41, 5.74) is 8.20. The van der Waals surface area contributed by atoms with Gasteiger partial charge in [0.15, 0.2) is 10.8 Å². The van der Waals surface area contributed by atoms with Crippen LogP contribution in [-0.2, 0) is 13.0 Å². The molecule has 0 saturated carbocycles. The van der Waals surface area contributed by atoms with Crippen LogP contribution in [0.4, 0.5) is 5.82 Å². The SMILES string of the molecule is CN(Cc1ccc(Br)cc1)c1nc2sccn2c1CCN. The summed E-state index contributed by atoms with van der Waals surface area (Å²) in [6.45, 7) is 1.46. The number of hydrogen-bond donors (Lipinski definition) is 1. The first kappa shape index (κ1) is 14.6. The van der Waals surface area contributed by atoms with Gasteiger partial charge in [-0.15, -0.1) is 11.3 Å². The van der Waals surface area contributed by atoms with Gasteiger partial charge < -0.3 is 10.6 Å². The molecular formula is C15H17BrN4S. The second-order valence-electron chi connectivity index (χ2n) is 4.96. The van der Waals surface area contributed by atoms with E-state index in [0.29, 0.717) is 6.54 Å². The zero-order chi connectivity index (χ0) is 14.8. The second kappa shape index (κ2) is 6.17. The highest BCUT2D eigenvalue weighted by Gasteiger charge is 2.16. The van der Waals surface area contributed by atoms with E-state index >= 15 is 0 Å². The molecule has 2 aromatic heterocycles. The first-order valence-corrected chi connectivity index (χ1v) is 8.46. The number of nitrogens with two attached hydrogens (primary N) is 1. The van der Waals surface area contributed by atoms with Gasteiger partial charge in [0.25, 0.3) is 0 Å². The molecule has 0 saturated heterocycles. The molecule has 2 heterocycles. The van der Waals surface area contributed by atoms with Crippen LogP contribution < -0.4 is 10.6 Å². The first-order chi connectivity index (χ1) is 10.2. The standard InChI is InChI=1S/C15H17BrN4S/c1-19(10-11-2-4-12(16)5-3-11)14-13(6-7-17)20-8-9-21-15(20)18-14/h2-5,8-9H,6-7,10,17H2,1H3. The Morgan fingerprint density at radius 1 is 1.33 bits per heavy atom. The Hall–Kier alpha value is -1.37. The summed E-state index contributed by atoms with van der Waals surface area (Å²) in [6, 6.07) is 8.38. The maximum absolute atomic E-state index is 5.76. The van der Waals surface area contributed by atoms with E-state index in [-0.39, 0.29) is 0 Å². The van der Waals surface area contributed by atoms with Crippen molar-refractivity contribution in [2.45, 2.75) is 13.0 Å². The zero-order valence-corrected chi connectivity index (χ0v) is 14.2. The highest BCUT2D eigenvalue weighted by molar-refractivity contribution is 9.10. The lowest BCUT2D eigenvalue weighted by Crippen LogP contribution is -2.19. The fraction of sp³-hybridized carbons (Fsp3) is 0.267. The fourth-order valence-corrected chi connectivity index (χ4v) is 3.43. The number of hydrogen-bond acceptors (Lipinski definition) is 4. The molecule has 0 fully saturated rings. The second-order valence-corrected chi connectivity index (χ2v) is 6.75. The summed E-state index contributed by atoms with van der Waals surface area (Å²) in [7, 11) is 2.08. The summed E-state index contributed by atoms with van der Waals surface area (Å²) in [5, 5.41) is 2.06. The number of halogens is 1. The van der Waals surface area contributed by atoms with E-state index in [1.165, 1.54) is 11.3 Å². The Balaban J connectivity index is 1.89. The van der Waals surface area contributed by atoms with E-state index in [1.807, 2.05) is 0 Å². The normalized spacial score (nSPS) is 11.2. The van der Waals surface area contributed by atoms with Gasteiger partial charge in [-0.1, -0.05) is 28.1 Å². The molecule has 1 aromatic carbocycles. The predicted octanol–water partition coefficient (Wildman–Crippen LogP) is 3.30. The van der Waals surface area contributed by atoms with Gasteiger partial charge in [-0.05, 0) is 24.2 Å². The average Bonchev–Trinajstić information content (AvgIpc) is 3.04. The van der Waals surface area contributed by atoms with Crippen molar-refractivity contribution in [3.63, 3.8) is 0 Å². The molecule has 0 bridgehead atoms. The Morgan fingerprint density at radius 2 is 2.10 bits per heavy atom. The van der Waals surface area contributed by atoms with E-state index in [9.17, 15) is 0 Å². The van der Waals surface area contributed by atoms with Crippen molar-refractivity contribution >= 4 is 38.0 Å². The molecule has 3 aromatic rings. The molecule has 2 N–H and O–H groups in total. The van der Waals surface area contributed by atoms with E-state index < -0.39 is 0 Å². The maximum Gasteiger partial charge on any atom is 0.195 e. The number of anilines is 1. The average molecular weight is 365 g/mol. The quantitative estimate of drug-likeness (QED) is 0.755. The predicted molar refractivity (Wildman–Crippen MR) is 92.1 cm³/mol. The third-order valence-electron chi connectivity index (χ3n) is 3.42. The molecule has 4 nitrogen and oxygen atoms in total. The summed E-state index contributed by atoms with van der Waals surface area (Å²) in [6.07, 6.45) is 2.90. The fourth-order valence-electron chi connectivity index (χ4n) is 2.43. The largest absolute Gasteiger partial charge is 0.354 e. The number of aromatic nitrogens is 2. The van der Waals surface area contributed by atoms with Crippen LogP contribution in [0.3, 0.4) is 0 Å². The lowest BCUT2D eigenvalue weighted by molar-refractivity contribution is 0.858. The Morgan fingerprint density at radius 3 is 2.81 bits per heavy atom. The van der Waals surface area contributed by atoms with Crippen LogP contribution >= 0.6 is 27.3 Å². The van der Waals surface area contributed by atoms with Crippen LogP contribution in [0.25, 0.3) is 4.96 Å². The van der Waals surface area contributed by atoms with Gasteiger partial charge in [0.2, 0.25) is 0 Å². The lowest BCUT2D eigenvalue weighted by atomic mass is 10.2. The van der Waals surface area contributed by atoms with Crippen LogP contribution in [0.5, 0.6) is 0 Å². The van der Waals surface area contributed by atoms with Gasteiger partial charge in [-0.2, -0.15) is 0 Å². The topological polar surface area (TPSA) is 46.6 Å². The highest BCUT2D eigenvalue weighted by atomic mass is 79.9. The van der Waals surface area contributed by atoms with E-state index in [1.54, 1.807) is 11.3 Å². The van der Waals surface area contributed by atoms with E-state index in [0.717, 1.165) is 28.2 Å². The lowest BCUT2D eigenvalue weighted by Gasteiger charge is -2.18. The minimum Gasteiger partial charge on any atom is -0.354 e. The molecule has 3 rings (SSSR count). The smallest absolute Gasteiger partial charge is 0.195 e. The monoisotopic (exact) mass is 364 g/mol. The van der Waals surface area contributed by atoms with Gasteiger partial charge in [0, 0.05) is 36.1 Å². The molecule has 21 heavy (non-hydrogen) atoms. The van der Waals surface area contributed by atoms with E-state index in [4.69, 9.17) is 10.7 Å². The van der Waals surface area contributed by atoms with Gasteiger partial charge in [0.05, 0.1) is 5.69 Å². The number of nitrogens with zero attached hydrogens (tertiary/aromatic N) is 3. The molecule has 0 aliphatic heterocycles. The van der Waals surface area contributed by atoms with Gasteiger partial charge in [-0.3, -0.25) is 4.40 Å². The summed E-state index contributed by atoms with van der Waals surface area (Å²) >= 11 is 5.12. The molecule has 6 heteroatoms. The van der Waals surface area contributed by atoms with Crippen molar-refractivity contribution in [3.05, 3.63) is 51.6 Å².